The van der Waals surface area contributed by atoms with Crippen LogP contribution in [0, 0.1) is 0 Å². The van der Waals surface area contributed by atoms with Crippen LogP contribution in [0.15, 0.2) is 30.5 Å². The van der Waals surface area contributed by atoms with Gasteiger partial charge in [-0.3, -0.25) is 4.79 Å². The number of aromatic nitrogens is 1. The molecule has 4 nitrogen and oxygen atoms in total. The second kappa shape index (κ2) is 5.19. The molecular formula is C17H21N3O. The van der Waals surface area contributed by atoms with Crippen molar-refractivity contribution in [2.75, 3.05) is 0 Å². The van der Waals surface area contributed by atoms with Crippen molar-refractivity contribution in [2.24, 2.45) is 0 Å². The Morgan fingerprint density at radius 2 is 1.95 bits per heavy atom. The maximum atomic E-state index is 12.0. The summed E-state index contributed by atoms with van der Waals surface area (Å²) >= 11 is 0. The number of hydrogen-bond donors (Lipinski definition) is 2. The van der Waals surface area contributed by atoms with Gasteiger partial charge in [-0.2, -0.15) is 0 Å². The summed E-state index contributed by atoms with van der Waals surface area (Å²) in [5, 5.41) is 7.86. The minimum atomic E-state index is 0.122. The number of fused-ring (bicyclic) bond motifs is 1. The minimum absolute atomic E-state index is 0.122. The molecule has 2 aliphatic carbocycles. The largest absolute Gasteiger partial charge is 0.352 e. The van der Waals surface area contributed by atoms with E-state index in [0.717, 1.165) is 24.9 Å². The molecule has 2 saturated carbocycles. The van der Waals surface area contributed by atoms with E-state index in [4.69, 9.17) is 0 Å². The maximum Gasteiger partial charge on any atom is 0.240 e. The average molecular weight is 283 g/mol. The summed E-state index contributed by atoms with van der Waals surface area (Å²) in [6, 6.07) is 9.63. The van der Waals surface area contributed by atoms with Crippen LogP contribution in [0.5, 0.6) is 0 Å². The molecule has 21 heavy (non-hydrogen) atoms. The maximum absolute atomic E-state index is 12.0. The van der Waals surface area contributed by atoms with E-state index in [-0.39, 0.29) is 5.91 Å². The molecule has 0 radical (unpaired) electrons. The molecule has 1 heterocycles. The SMILES string of the molecule is O=C(Cn1ccc2c(CNC3CC3)cccc21)NC1CC1. The van der Waals surface area contributed by atoms with Crippen molar-refractivity contribution in [3.05, 3.63) is 36.0 Å². The summed E-state index contributed by atoms with van der Waals surface area (Å²) in [5.41, 5.74) is 2.47. The number of amides is 1. The standard InChI is InChI=1S/C17H21N3O/c21-17(19-14-6-7-14)11-20-9-8-15-12(2-1-3-16(15)20)10-18-13-4-5-13/h1-3,8-9,13-14,18H,4-7,10-11H2,(H,19,21). The van der Waals surface area contributed by atoms with Crippen LogP contribution in [0.1, 0.15) is 31.2 Å². The van der Waals surface area contributed by atoms with Gasteiger partial charge in [0.05, 0.1) is 0 Å². The third-order valence-electron chi connectivity index (χ3n) is 4.32. The van der Waals surface area contributed by atoms with Crippen LogP contribution in [0.4, 0.5) is 0 Å². The first kappa shape index (κ1) is 12.9. The fourth-order valence-corrected chi connectivity index (χ4v) is 2.78. The Balaban J connectivity index is 1.52. The molecule has 4 heteroatoms. The summed E-state index contributed by atoms with van der Waals surface area (Å²) in [6.07, 6.45) is 6.90. The average Bonchev–Trinajstić information content (AvgIpc) is 3.38. The fraction of sp³-hybridized carbons (Fsp3) is 0.471. The molecule has 0 aliphatic heterocycles. The van der Waals surface area contributed by atoms with Crippen LogP contribution >= 0.6 is 0 Å². The quantitative estimate of drug-likeness (QED) is 0.853. The van der Waals surface area contributed by atoms with Gasteiger partial charge >= 0.3 is 0 Å². The van der Waals surface area contributed by atoms with Crippen LogP contribution in [0.2, 0.25) is 0 Å². The smallest absolute Gasteiger partial charge is 0.240 e. The second-order valence-corrected chi connectivity index (χ2v) is 6.29. The Morgan fingerprint density at radius 3 is 2.71 bits per heavy atom. The Bertz CT molecular complexity index is 668. The zero-order chi connectivity index (χ0) is 14.2. The number of carbonyl (C=O) groups is 1. The van der Waals surface area contributed by atoms with Crippen LogP contribution < -0.4 is 10.6 Å². The van der Waals surface area contributed by atoms with E-state index in [1.807, 2.05) is 10.8 Å². The highest BCUT2D eigenvalue weighted by Crippen LogP contribution is 2.23. The predicted molar refractivity (Wildman–Crippen MR) is 83.0 cm³/mol. The van der Waals surface area contributed by atoms with Gasteiger partial charge in [0.25, 0.3) is 0 Å². The van der Waals surface area contributed by atoms with E-state index in [0.29, 0.717) is 18.6 Å². The highest BCUT2D eigenvalue weighted by molar-refractivity contribution is 5.86. The first-order valence-corrected chi connectivity index (χ1v) is 7.89. The normalized spacial score (nSPS) is 18.1. The monoisotopic (exact) mass is 283 g/mol. The van der Waals surface area contributed by atoms with Gasteiger partial charge in [0, 0.05) is 35.7 Å². The van der Waals surface area contributed by atoms with Crippen molar-refractivity contribution < 1.29 is 4.79 Å². The van der Waals surface area contributed by atoms with E-state index in [2.05, 4.69) is 34.9 Å². The van der Waals surface area contributed by atoms with Gasteiger partial charge in [-0.25, -0.2) is 0 Å². The highest BCUT2D eigenvalue weighted by Gasteiger charge is 2.23. The molecule has 2 fully saturated rings. The van der Waals surface area contributed by atoms with Crippen molar-refractivity contribution in [3.63, 3.8) is 0 Å². The lowest BCUT2D eigenvalue weighted by atomic mass is 10.1. The molecule has 1 aromatic carbocycles. The Labute approximate surface area is 124 Å². The second-order valence-electron chi connectivity index (χ2n) is 6.29. The molecule has 2 aliphatic rings. The first-order valence-electron chi connectivity index (χ1n) is 7.89. The Hall–Kier alpha value is -1.81. The highest BCUT2D eigenvalue weighted by atomic mass is 16.2. The topological polar surface area (TPSA) is 46.1 Å². The van der Waals surface area contributed by atoms with Crippen LogP contribution in [0.3, 0.4) is 0 Å². The first-order chi connectivity index (χ1) is 10.3. The third kappa shape index (κ3) is 2.95. The lowest BCUT2D eigenvalue weighted by Gasteiger charge is -2.08. The molecule has 0 bridgehead atoms. The summed E-state index contributed by atoms with van der Waals surface area (Å²) < 4.78 is 2.05. The van der Waals surface area contributed by atoms with E-state index in [1.54, 1.807) is 0 Å². The molecule has 0 atom stereocenters. The molecule has 2 N–H and O–H groups in total. The Kier molecular flexibility index (Phi) is 3.19. The number of nitrogens with one attached hydrogen (secondary N) is 2. The van der Waals surface area contributed by atoms with Crippen LogP contribution in [-0.2, 0) is 17.9 Å². The predicted octanol–water partition coefficient (Wildman–Crippen LogP) is 2.17. The van der Waals surface area contributed by atoms with Crippen molar-refractivity contribution in [1.29, 1.82) is 0 Å². The molecule has 0 unspecified atom stereocenters. The molecule has 1 aromatic heterocycles. The summed E-state index contributed by atoms with van der Waals surface area (Å²) in [5.74, 6) is 0.122. The molecule has 4 rings (SSSR count). The van der Waals surface area contributed by atoms with Crippen LogP contribution in [0.25, 0.3) is 10.9 Å². The van der Waals surface area contributed by atoms with Gasteiger partial charge in [-0.15, -0.1) is 0 Å². The van der Waals surface area contributed by atoms with Gasteiger partial charge in [-0.05, 0) is 43.4 Å². The zero-order valence-electron chi connectivity index (χ0n) is 12.1. The van der Waals surface area contributed by atoms with Gasteiger partial charge in [-0.1, -0.05) is 12.1 Å². The molecule has 0 saturated heterocycles. The molecular weight excluding hydrogens is 262 g/mol. The van der Waals surface area contributed by atoms with E-state index in [1.165, 1.54) is 23.8 Å². The van der Waals surface area contributed by atoms with E-state index < -0.39 is 0 Å². The molecule has 1 amide bonds. The fourth-order valence-electron chi connectivity index (χ4n) is 2.78. The van der Waals surface area contributed by atoms with Gasteiger partial charge < -0.3 is 15.2 Å². The third-order valence-corrected chi connectivity index (χ3v) is 4.32. The van der Waals surface area contributed by atoms with Crippen molar-refractivity contribution >= 4 is 16.8 Å². The van der Waals surface area contributed by atoms with Crippen LogP contribution in [-0.4, -0.2) is 22.6 Å². The van der Waals surface area contributed by atoms with Gasteiger partial charge in [0.2, 0.25) is 5.91 Å². The summed E-state index contributed by atoms with van der Waals surface area (Å²) in [4.78, 5) is 12.0. The number of hydrogen-bond acceptors (Lipinski definition) is 2. The van der Waals surface area contributed by atoms with Crippen molar-refractivity contribution in [2.45, 2.75) is 50.9 Å². The lowest BCUT2D eigenvalue weighted by molar-refractivity contribution is -0.121. The zero-order valence-corrected chi connectivity index (χ0v) is 12.1. The number of benzene rings is 1. The summed E-state index contributed by atoms with van der Waals surface area (Å²) in [7, 11) is 0. The number of rotatable bonds is 6. The molecule has 110 valence electrons. The van der Waals surface area contributed by atoms with Gasteiger partial charge in [0.1, 0.15) is 6.54 Å². The van der Waals surface area contributed by atoms with E-state index in [9.17, 15) is 4.79 Å². The number of nitrogens with zero attached hydrogens (tertiary/aromatic N) is 1. The van der Waals surface area contributed by atoms with Gasteiger partial charge in [0.15, 0.2) is 0 Å². The lowest BCUT2D eigenvalue weighted by Crippen LogP contribution is -2.29. The van der Waals surface area contributed by atoms with Crippen molar-refractivity contribution in [3.8, 4) is 0 Å². The minimum Gasteiger partial charge on any atom is -0.352 e. The van der Waals surface area contributed by atoms with Crippen molar-refractivity contribution in [1.82, 2.24) is 15.2 Å². The summed E-state index contributed by atoms with van der Waals surface area (Å²) in [6.45, 7) is 1.33. The van der Waals surface area contributed by atoms with E-state index >= 15 is 0 Å². The number of carbonyl (C=O) groups excluding carboxylic acids is 1. The molecule has 2 aromatic rings. The Morgan fingerprint density at radius 1 is 1.14 bits per heavy atom. The molecule has 0 spiro atoms.